The first kappa shape index (κ1) is 13.4. The highest BCUT2D eigenvalue weighted by molar-refractivity contribution is 5.63. The lowest BCUT2D eigenvalue weighted by molar-refractivity contribution is -0.384. The first-order valence-electron chi connectivity index (χ1n) is 5.18. The molecule has 17 heavy (non-hydrogen) atoms. The van der Waals surface area contributed by atoms with Crippen molar-refractivity contribution in [2.45, 2.75) is 26.3 Å². The van der Waals surface area contributed by atoms with Gasteiger partial charge in [-0.3, -0.25) is 10.1 Å². The van der Waals surface area contributed by atoms with Gasteiger partial charge in [0.25, 0.3) is 5.69 Å². The SMILES string of the molecule is Cc1cc(NCC(C)(C)N)c([N+](=O)[O-])cc1F. The van der Waals surface area contributed by atoms with Gasteiger partial charge in [0.1, 0.15) is 11.5 Å². The predicted molar refractivity (Wildman–Crippen MR) is 64.5 cm³/mol. The summed E-state index contributed by atoms with van der Waals surface area (Å²) in [7, 11) is 0. The van der Waals surface area contributed by atoms with Crippen molar-refractivity contribution >= 4 is 11.4 Å². The molecule has 0 aliphatic carbocycles. The minimum Gasteiger partial charge on any atom is -0.378 e. The standard InChI is InChI=1S/C11H16FN3O2/c1-7-4-9(14-6-11(2,3)13)10(15(16)17)5-8(7)12/h4-5,14H,6,13H2,1-3H3. The van der Waals surface area contributed by atoms with Gasteiger partial charge in [0, 0.05) is 12.1 Å². The van der Waals surface area contributed by atoms with E-state index in [1.165, 1.54) is 6.07 Å². The lowest BCUT2D eigenvalue weighted by Gasteiger charge is -2.19. The van der Waals surface area contributed by atoms with Crippen LogP contribution in [0.15, 0.2) is 12.1 Å². The van der Waals surface area contributed by atoms with Crippen LogP contribution in [0.5, 0.6) is 0 Å². The fourth-order valence-electron chi connectivity index (χ4n) is 1.29. The molecule has 1 rings (SSSR count). The van der Waals surface area contributed by atoms with Gasteiger partial charge in [-0.15, -0.1) is 0 Å². The van der Waals surface area contributed by atoms with Gasteiger partial charge in [-0.1, -0.05) is 0 Å². The molecule has 1 aromatic carbocycles. The quantitative estimate of drug-likeness (QED) is 0.625. The third-order valence-electron chi connectivity index (χ3n) is 2.21. The average molecular weight is 241 g/mol. The molecule has 0 saturated carbocycles. The number of nitrogens with two attached hydrogens (primary N) is 1. The third-order valence-corrected chi connectivity index (χ3v) is 2.21. The molecule has 0 saturated heterocycles. The number of hydrogen-bond donors (Lipinski definition) is 2. The van der Waals surface area contributed by atoms with Gasteiger partial charge < -0.3 is 11.1 Å². The van der Waals surface area contributed by atoms with Crippen LogP contribution in [0.3, 0.4) is 0 Å². The molecular weight excluding hydrogens is 225 g/mol. The summed E-state index contributed by atoms with van der Waals surface area (Å²) in [5.41, 5.74) is 5.63. The van der Waals surface area contributed by atoms with E-state index in [4.69, 9.17) is 5.73 Å². The molecule has 0 aromatic heterocycles. The molecule has 3 N–H and O–H groups in total. The smallest absolute Gasteiger partial charge is 0.295 e. The van der Waals surface area contributed by atoms with E-state index in [9.17, 15) is 14.5 Å². The summed E-state index contributed by atoms with van der Waals surface area (Å²) in [5, 5.41) is 13.6. The average Bonchev–Trinajstić information content (AvgIpc) is 2.17. The Labute approximate surface area is 99.0 Å². The Morgan fingerprint density at radius 1 is 1.53 bits per heavy atom. The van der Waals surface area contributed by atoms with Crippen molar-refractivity contribution < 1.29 is 9.31 Å². The number of nitrogens with zero attached hydrogens (tertiary/aromatic N) is 1. The highest BCUT2D eigenvalue weighted by Crippen LogP contribution is 2.27. The fourth-order valence-corrected chi connectivity index (χ4v) is 1.29. The molecule has 6 heteroatoms. The van der Waals surface area contributed by atoms with Gasteiger partial charge in [-0.05, 0) is 32.4 Å². The number of hydrogen-bond acceptors (Lipinski definition) is 4. The molecule has 5 nitrogen and oxygen atoms in total. The Bertz CT molecular complexity index is 441. The summed E-state index contributed by atoms with van der Waals surface area (Å²) in [4.78, 5) is 10.2. The molecule has 0 fully saturated rings. The molecule has 0 aliphatic heterocycles. The van der Waals surface area contributed by atoms with Crippen LogP contribution in [0.2, 0.25) is 0 Å². The van der Waals surface area contributed by atoms with E-state index in [0.717, 1.165) is 6.07 Å². The van der Waals surface area contributed by atoms with Crippen molar-refractivity contribution in [1.82, 2.24) is 0 Å². The van der Waals surface area contributed by atoms with Gasteiger partial charge in [-0.25, -0.2) is 4.39 Å². The van der Waals surface area contributed by atoms with E-state index >= 15 is 0 Å². The summed E-state index contributed by atoms with van der Waals surface area (Å²) in [6, 6.07) is 2.33. The maximum Gasteiger partial charge on any atom is 0.295 e. The van der Waals surface area contributed by atoms with Crippen LogP contribution >= 0.6 is 0 Å². The molecular formula is C11H16FN3O2. The van der Waals surface area contributed by atoms with Crippen molar-refractivity contribution in [3.63, 3.8) is 0 Å². The topological polar surface area (TPSA) is 81.2 Å². The number of benzene rings is 1. The van der Waals surface area contributed by atoms with Gasteiger partial charge in [0.15, 0.2) is 0 Å². The van der Waals surface area contributed by atoms with E-state index in [1.807, 2.05) is 0 Å². The van der Waals surface area contributed by atoms with Gasteiger partial charge in [0.2, 0.25) is 0 Å². The highest BCUT2D eigenvalue weighted by Gasteiger charge is 2.19. The Balaban J connectivity index is 3.05. The number of anilines is 1. The maximum absolute atomic E-state index is 13.2. The van der Waals surface area contributed by atoms with Crippen molar-refractivity contribution in [3.8, 4) is 0 Å². The van der Waals surface area contributed by atoms with Crippen LogP contribution in [0.25, 0.3) is 0 Å². The van der Waals surface area contributed by atoms with Crippen LogP contribution in [-0.2, 0) is 0 Å². The predicted octanol–water partition coefficient (Wildman–Crippen LogP) is 2.19. The second kappa shape index (κ2) is 4.67. The summed E-state index contributed by atoms with van der Waals surface area (Å²) in [6.07, 6.45) is 0. The number of halogens is 1. The first-order chi connectivity index (χ1) is 7.70. The van der Waals surface area contributed by atoms with Crippen LogP contribution in [0.4, 0.5) is 15.8 Å². The van der Waals surface area contributed by atoms with E-state index < -0.39 is 16.3 Å². The van der Waals surface area contributed by atoms with Crippen molar-refractivity contribution in [1.29, 1.82) is 0 Å². The van der Waals surface area contributed by atoms with Gasteiger partial charge in [-0.2, -0.15) is 0 Å². The molecule has 0 aliphatic rings. The Kier molecular flexibility index (Phi) is 3.67. The summed E-state index contributed by atoms with van der Waals surface area (Å²) in [5.74, 6) is -0.589. The van der Waals surface area contributed by atoms with Crippen LogP contribution in [0.1, 0.15) is 19.4 Å². The lowest BCUT2D eigenvalue weighted by atomic mass is 10.1. The van der Waals surface area contributed by atoms with E-state index in [2.05, 4.69) is 5.32 Å². The molecule has 1 aromatic rings. The molecule has 0 radical (unpaired) electrons. The minimum absolute atomic E-state index is 0.280. The maximum atomic E-state index is 13.2. The minimum atomic E-state index is -0.617. The van der Waals surface area contributed by atoms with Gasteiger partial charge in [0.05, 0.1) is 11.0 Å². The molecule has 0 heterocycles. The van der Waals surface area contributed by atoms with Crippen molar-refractivity contribution in [3.05, 3.63) is 33.6 Å². The van der Waals surface area contributed by atoms with Crippen LogP contribution in [-0.4, -0.2) is 17.0 Å². The van der Waals surface area contributed by atoms with Gasteiger partial charge >= 0.3 is 0 Å². The monoisotopic (exact) mass is 241 g/mol. The van der Waals surface area contributed by atoms with Crippen LogP contribution < -0.4 is 11.1 Å². The summed E-state index contributed by atoms with van der Waals surface area (Å²) < 4.78 is 13.2. The number of rotatable bonds is 4. The van der Waals surface area contributed by atoms with Crippen molar-refractivity contribution in [2.24, 2.45) is 5.73 Å². The zero-order valence-electron chi connectivity index (χ0n) is 10.1. The Hall–Kier alpha value is -1.69. The molecule has 0 bridgehead atoms. The largest absolute Gasteiger partial charge is 0.378 e. The second-order valence-electron chi connectivity index (χ2n) is 4.72. The molecule has 0 atom stereocenters. The molecule has 0 spiro atoms. The van der Waals surface area contributed by atoms with Crippen LogP contribution in [0, 0.1) is 22.9 Å². The second-order valence-corrected chi connectivity index (χ2v) is 4.72. The summed E-state index contributed by atoms with van der Waals surface area (Å²) in [6.45, 7) is 5.50. The first-order valence-corrected chi connectivity index (χ1v) is 5.18. The number of aryl methyl sites for hydroxylation is 1. The Morgan fingerprint density at radius 2 is 2.12 bits per heavy atom. The van der Waals surface area contributed by atoms with E-state index in [-0.39, 0.29) is 11.4 Å². The van der Waals surface area contributed by atoms with E-state index in [1.54, 1.807) is 20.8 Å². The summed E-state index contributed by atoms with van der Waals surface area (Å²) >= 11 is 0. The number of nitro groups is 1. The van der Waals surface area contributed by atoms with Crippen molar-refractivity contribution in [2.75, 3.05) is 11.9 Å². The third kappa shape index (κ3) is 3.67. The molecule has 0 amide bonds. The molecule has 0 unspecified atom stereocenters. The normalized spacial score (nSPS) is 11.4. The fraction of sp³-hybridized carbons (Fsp3) is 0.455. The number of nitro benzene ring substituents is 1. The van der Waals surface area contributed by atoms with E-state index in [0.29, 0.717) is 12.1 Å². The highest BCUT2D eigenvalue weighted by atomic mass is 19.1. The zero-order valence-corrected chi connectivity index (χ0v) is 10.1. The lowest BCUT2D eigenvalue weighted by Crippen LogP contribution is -2.39. The number of nitrogens with one attached hydrogen (secondary N) is 1. The Morgan fingerprint density at radius 3 is 2.59 bits per heavy atom. The zero-order chi connectivity index (χ0) is 13.2. The molecule has 94 valence electrons.